The fourth-order valence-corrected chi connectivity index (χ4v) is 3.41. The van der Waals surface area contributed by atoms with Gasteiger partial charge in [-0.1, -0.05) is 6.07 Å². The third-order valence-electron chi connectivity index (χ3n) is 5.48. The molecule has 164 valence electrons. The maximum atomic E-state index is 11.6. The zero-order valence-corrected chi connectivity index (χ0v) is 18.6. The van der Waals surface area contributed by atoms with Gasteiger partial charge in [0, 0.05) is 52.2 Å². The van der Waals surface area contributed by atoms with Crippen LogP contribution in [0.5, 0.6) is 11.5 Å². The van der Waals surface area contributed by atoms with Crippen LogP contribution in [0.25, 0.3) is 0 Å². The summed E-state index contributed by atoms with van der Waals surface area (Å²) in [5.41, 5.74) is 1.14. The Balaban J connectivity index is 1.91. The lowest BCUT2D eigenvalue weighted by molar-refractivity contribution is -0.128. The minimum Gasteiger partial charge on any atom is -0.493 e. The molecule has 1 aromatic carbocycles. The number of hydrogen-bond acceptors (Lipinski definition) is 6. The third-order valence-corrected chi connectivity index (χ3v) is 5.48. The number of methoxy groups -OCH3 is 1. The third kappa shape index (κ3) is 7.49. The van der Waals surface area contributed by atoms with Gasteiger partial charge in [0.25, 0.3) is 0 Å². The van der Waals surface area contributed by atoms with Crippen molar-refractivity contribution in [1.82, 2.24) is 14.7 Å². The van der Waals surface area contributed by atoms with E-state index in [0.29, 0.717) is 24.1 Å². The number of hydrogen-bond donors (Lipinski definition) is 1. The number of likely N-dealkylation sites (N-methyl/N-ethyl adjacent to an activating group) is 1. The van der Waals surface area contributed by atoms with Crippen LogP contribution in [-0.4, -0.2) is 91.3 Å². The molecule has 1 saturated heterocycles. The van der Waals surface area contributed by atoms with Crippen molar-refractivity contribution >= 4 is 5.91 Å². The van der Waals surface area contributed by atoms with Gasteiger partial charge in [0.2, 0.25) is 5.91 Å². The molecule has 1 heterocycles. The Labute approximate surface area is 175 Å². The van der Waals surface area contributed by atoms with Crippen molar-refractivity contribution in [2.75, 3.05) is 53.5 Å². The van der Waals surface area contributed by atoms with Crippen molar-refractivity contribution in [2.45, 2.75) is 45.9 Å². The van der Waals surface area contributed by atoms with Gasteiger partial charge in [0.1, 0.15) is 12.7 Å². The van der Waals surface area contributed by atoms with E-state index in [1.807, 2.05) is 30.1 Å². The standard InChI is InChI=1S/C22H37N3O4/c1-17(2)23(4)15-20(27)16-29-21-8-7-19(13-22(21)28-5)14-24-9-6-10-25(12-11-24)18(3)26/h7-8,13,17,20,27H,6,9-12,14-16H2,1-5H3. The normalized spacial score (nSPS) is 16.8. The zero-order chi connectivity index (χ0) is 21.4. The van der Waals surface area contributed by atoms with Gasteiger partial charge in [-0.3, -0.25) is 9.69 Å². The Bertz CT molecular complexity index is 653. The molecular weight excluding hydrogens is 370 g/mol. The topological polar surface area (TPSA) is 65.5 Å². The molecule has 1 aromatic rings. The number of nitrogens with zero attached hydrogens (tertiary/aromatic N) is 3. The second-order valence-corrected chi connectivity index (χ2v) is 8.12. The first-order valence-electron chi connectivity index (χ1n) is 10.5. The molecule has 0 bridgehead atoms. The Kier molecular flexibility index (Phi) is 9.20. The van der Waals surface area contributed by atoms with E-state index in [1.54, 1.807) is 14.0 Å². The average molecular weight is 408 g/mol. The first kappa shape index (κ1) is 23.4. The van der Waals surface area contributed by atoms with E-state index in [1.165, 1.54) is 0 Å². The molecule has 1 N–H and O–H groups in total. The molecule has 2 rings (SSSR count). The predicted octanol–water partition coefficient (Wildman–Crippen LogP) is 1.83. The molecule has 29 heavy (non-hydrogen) atoms. The minimum atomic E-state index is -0.562. The fraction of sp³-hybridized carbons (Fsp3) is 0.682. The second kappa shape index (κ2) is 11.4. The summed E-state index contributed by atoms with van der Waals surface area (Å²) in [4.78, 5) is 18.0. The molecule has 0 spiro atoms. The van der Waals surface area contributed by atoms with Crippen LogP contribution in [0.1, 0.15) is 32.8 Å². The average Bonchev–Trinajstić information content (AvgIpc) is 2.92. The highest BCUT2D eigenvalue weighted by Crippen LogP contribution is 2.29. The van der Waals surface area contributed by atoms with Gasteiger partial charge in [-0.25, -0.2) is 0 Å². The number of rotatable bonds is 9. The highest BCUT2D eigenvalue weighted by molar-refractivity contribution is 5.73. The van der Waals surface area contributed by atoms with E-state index in [-0.39, 0.29) is 12.5 Å². The van der Waals surface area contributed by atoms with Gasteiger partial charge in [-0.15, -0.1) is 0 Å². The van der Waals surface area contributed by atoms with E-state index in [0.717, 1.165) is 44.7 Å². The first-order valence-corrected chi connectivity index (χ1v) is 10.5. The van der Waals surface area contributed by atoms with Crippen LogP contribution in [-0.2, 0) is 11.3 Å². The molecule has 1 atom stereocenters. The zero-order valence-electron chi connectivity index (χ0n) is 18.6. The van der Waals surface area contributed by atoms with E-state index in [4.69, 9.17) is 9.47 Å². The van der Waals surface area contributed by atoms with Crippen LogP contribution in [0.2, 0.25) is 0 Å². The SMILES string of the molecule is COc1cc(CN2CCCN(C(C)=O)CC2)ccc1OCC(O)CN(C)C(C)C. The number of ether oxygens (including phenoxy) is 2. The van der Waals surface area contributed by atoms with Gasteiger partial charge < -0.3 is 24.4 Å². The summed E-state index contributed by atoms with van der Waals surface area (Å²) in [5, 5.41) is 10.2. The van der Waals surface area contributed by atoms with Crippen LogP contribution in [0.15, 0.2) is 18.2 Å². The molecular formula is C22H37N3O4. The molecule has 0 saturated carbocycles. The van der Waals surface area contributed by atoms with Gasteiger partial charge in [0.05, 0.1) is 7.11 Å². The first-order chi connectivity index (χ1) is 13.8. The molecule has 7 heteroatoms. The molecule has 1 aliphatic heterocycles. The molecule has 0 radical (unpaired) electrons. The Hall–Kier alpha value is -1.83. The molecule has 1 fully saturated rings. The quantitative estimate of drug-likeness (QED) is 0.674. The second-order valence-electron chi connectivity index (χ2n) is 8.12. The van der Waals surface area contributed by atoms with E-state index in [9.17, 15) is 9.90 Å². The van der Waals surface area contributed by atoms with Crippen LogP contribution >= 0.6 is 0 Å². The van der Waals surface area contributed by atoms with Crippen LogP contribution in [0.3, 0.4) is 0 Å². The Morgan fingerprint density at radius 2 is 1.97 bits per heavy atom. The smallest absolute Gasteiger partial charge is 0.219 e. The van der Waals surface area contributed by atoms with Gasteiger partial charge in [-0.05, 0) is 45.0 Å². The molecule has 1 amide bonds. The highest BCUT2D eigenvalue weighted by atomic mass is 16.5. The largest absolute Gasteiger partial charge is 0.493 e. The summed E-state index contributed by atoms with van der Waals surface area (Å²) in [6, 6.07) is 6.32. The monoisotopic (exact) mass is 407 g/mol. The number of benzene rings is 1. The van der Waals surface area contributed by atoms with E-state index in [2.05, 4.69) is 23.6 Å². The molecule has 1 aliphatic rings. The number of aliphatic hydroxyl groups excluding tert-OH is 1. The molecule has 1 unspecified atom stereocenters. The summed E-state index contributed by atoms with van der Waals surface area (Å²) >= 11 is 0. The highest BCUT2D eigenvalue weighted by Gasteiger charge is 2.18. The molecule has 0 aromatic heterocycles. The van der Waals surface area contributed by atoms with Crippen molar-refractivity contribution in [3.05, 3.63) is 23.8 Å². The lowest BCUT2D eigenvalue weighted by atomic mass is 10.2. The lowest BCUT2D eigenvalue weighted by Crippen LogP contribution is -2.37. The summed E-state index contributed by atoms with van der Waals surface area (Å²) < 4.78 is 11.3. The molecule has 7 nitrogen and oxygen atoms in total. The van der Waals surface area contributed by atoms with Crippen LogP contribution in [0.4, 0.5) is 0 Å². The van der Waals surface area contributed by atoms with Gasteiger partial charge in [0.15, 0.2) is 11.5 Å². The minimum absolute atomic E-state index is 0.150. The van der Waals surface area contributed by atoms with Crippen molar-refractivity contribution in [2.24, 2.45) is 0 Å². The number of carbonyl (C=O) groups excluding carboxylic acids is 1. The van der Waals surface area contributed by atoms with Crippen molar-refractivity contribution in [3.8, 4) is 11.5 Å². The lowest BCUT2D eigenvalue weighted by Gasteiger charge is -2.24. The number of amides is 1. The van der Waals surface area contributed by atoms with Crippen LogP contribution < -0.4 is 9.47 Å². The van der Waals surface area contributed by atoms with E-state index < -0.39 is 6.10 Å². The Morgan fingerprint density at radius 3 is 2.62 bits per heavy atom. The fourth-order valence-electron chi connectivity index (χ4n) is 3.41. The van der Waals surface area contributed by atoms with Crippen molar-refractivity contribution in [3.63, 3.8) is 0 Å². The molecule has 0 aliphatic carbocycles. The summed E-state index contributed by atoms with van der Waals surface area (Å²) in [6.07, 6.45) is 0.425. The van der Waals surface area contributed by atoms with Crippen molar-refractivity contribution in [1.29, 1.82) is 0 Å². The van der Waals surface area contributed by atoms with Crippen molar-refractivity contribution < 1.29 is 19.4 Å². The van der Waals surface area contributed by atoms with Gasteiger partial charge >= 0.3 is 0 Å². The number of aliphatic hydroxyl groups is 1. The maximum Gasteiger partial charge on any atom is 0.219 e. The number of carbonyl (C=O) groups is 1. The van der Waals surface area contributed by atoms with Crippen LogP contribution in [0, 0.1) is 0 Å². The van der Waals surface area contributed by atoms with Gasteiger partial charge in [-0.2, -0.15) is 0 Å². The maximum absolute atomic E-state index is 11.6. The summed E-state index contributed by atoms with van der Waals surface area (Å²) in [6.45, 7) is 10.9. The summed E-state index contributed by atoms with van der Waals surface area (Å²) in [7, 11) is 3.62. The predicted molar refractivity (Wildman–Crippen MR) is 114 cm³/mol. The Morgan fingerprint density at radius 1 is 1.21 bits per heavy atom. The van der Waals surface area contributed by atoms with E-state index >= 15 is 0 Å². The summed E-state index contributed by atoms with van der Waals surface area (Å²) in [5.74, 6) is 1.46.